The molecule has 4 aromatic rings. The Labute approximate surface area is 268 Å². The van der Waals surface area contributed by atoms with Gasteiger partial charge >= 0.3 is 6.09 Å². The van der Waals surface area contributed by atoms with E-state index in [2.05, 4.69) is 20.6 Å². The monoisotopic (exact) mass is 620 g/mol. The van der Waals surface area contributed by atoms with Gasteiger partial charge in [-0.1, -0.05) is 24.3 Å². The van der Waals surface area contributed by atoms with E-state index in [-0.39, 0.29) is 24.0 Å². The van der Waals surface area contributed by atoms with Crippen molar-refractivity contribution in [2.75, 3.05) is 23.7 Å². The molecule has 10 nitrogen and oxygen atoms in total. The van der Waals surface area contributed by atoms with Gasteiger partial charge in [0.15, 0.2) is 0 Å². The maximum Gasteiger partial charge on any atom is 0.410 e. The van der Waals surface area contributed by atoms with Crippen LogP contribution in [0.15, 0.2) is 60.9 Å². The van der Waals surface area contributed by atoms with E-state index in [9.17, 15) is 9.59 Å². The number of ether oxygens (including phenoxy) is 2. The molecular formula is C36H40N6O4. The van der Waals surface area contributed by atoms with Crippen molar-refractivity contribution in [3.05, 3.63) is 66.5 Å². The number of pyridine rings is 1. The first-order chi connectivity index (χ1) is 22.1. The number of carbonyl (C=O) groups excluding carboxylic acids is 2. The molecule has 3 aliphatic rings. The number of likely N-dealkylation sites (tertiary alicyclic amines) is 1. The first-order valence-electron chi connectivity index (χ1n) is 16.1. The van der Waals surface area contributed by atoms with Crippen molar-refractivity contribution in [3.8, 4) is 22.9 Å². The van der Waals surface area contributed by atoms with Gasteiger partial charge in [-0.15, -0.1) is 0 Å². The van der Waals surface area contributed by atoms with Crippen LogP contribution in [-0.4, -0.2) is 56.6 Å². The second kappa shape index (κ2) is 11.6. The van der Waals surface area contributed by atoms with E-state index >= 15 is 0 Å². The van der Waals surface area contributed by atoms with Crippen molar-refractivity contribution < 1.29 is 19.1 Å². The van der Waals surface area contributed by atoms with Gasteiger partial charge in [-0.05, 0) is 95.0 Å². The summed E-state index contributed by atoms with van der Waals surface area (Å²) in [6.07, 6.45) is 8.18. The predicted octanol–water partition coefficient (Wildman–Crippen LogP) is 7.34. The van der Waals surface area contributed by atoms with Gasteiger partial charge in [0.25, 0.3) is 0 Å². The zero-order chi connectivity index (χ0) is 32.1. The Morgan fingerprint density at radius 3 is 2.63 bits per heavy atom. The van der Waals surface area contributed by atoms with Crippen LogP contribution in [-0.2, 0) is 9.53 Å². The van der Waals surface area contributed by atoms with Gasteiger partial charge < -0.3 is 25.0 Å². The number of aromatic nitrogens is 3. The van der Waals surface area contributed by atoms with Gasteiger partial charge in [-0.25, -0.2) is 19.7 Å². The molecule has 3 heterocycles. The number of rotatable bonds is 7. The number of nitrogens with zero attached hydrogens (tertiary/aromatic N) is 4. The van der Waals surface area contributed by atoms with Crippen LogP contribution < -0.4 is 15.4 Å². The summed E-state index contributed by atoms with van der Waals surface area (Å²) in [6, 6.07) is 15.5. The SMILES string of the molecule is Cc1ccc2c(NC(=O)[C@@H]3CC34CC4)cccc2c1Oc1ncccc1-c1ccnc(NC2CCCN(C(=O)OC(C)(C)C)C2)n1. The second-order valence-corrected chi connectivity index (χ2v) is 13.9. The van der Waals surface area contributed by atoms with E-state index in [4.69, 9.17) is 14.5 Å². The van der Waals surface area contributed by atoms with Crippen LogP contribution in [0.1, 0.15) is 58.4 Å². The summed E-state index contributed by atoms with van der Waals surface area (Å²) in [5.74, 6) is 1.80. The Morgan fingerprint density at radius 1 is 1.00 bits per heavy atom. The average molecular weight is 621 g/mol. The normalized spacial score (nSPS) is 19.9. The number of benzene rings is 2. The summed E-state index contributed by atoms with van der Waals surface area (Å²) in [5, 5.41) is 8.41. The molecular weight excluding hydrogens is 580 g/mol. The van der Waals surface area contributed by atoms with E-state index < -0.39 is 5.60 Å². The molecule has 46 heavy (non-hydrogen) atoms. The standard InChI is InChI=1S/C36H40N6O4/c1-22-12-13-24-25(9-5-11-28(24)40-31(43)27-20-36(27)15-16-36)30(22)45-32-26(10-6-17-37-32)29-14-18-38-33(41-29)39-23-8-7-19-42(21-23)34(44)46-35(2,3)4/h5-6,9-14,17-18,23,27H,7-8,15-16,19-21H2,1-4H3,(H,40,43)(H,38,39,41)/t23?,27-/m0/s1. The van der Waals surface area contributed by atoms with Crippen LogP contribution >= 0.6 is 0 Å². The molecule has 2 amide bonds. The van der Waals surface area contributed by atoms with Crippen molar-refractivity contribution in [2.24, 2.45) is 11.3 Å². The average Bonchev–Trinajstić information content (AvgIpc) is 3.96. The minimum atomic E-state index is -0.545. The molecule has 2 saturated carbocycles. The lowest BCUT2D eigenvalue weighted by Gasteiger charge is -2.34. The molecule has 3 fully saturated rings. The number of hydrogen-bond donors (Lipinski definition) is 2. The Balaban J connectivity index is 1.11. The van der Waals surface area contributed by atoms with Crippen LogP contribution in [0.3, 0.4) is 0 Å². The van der Waals surface area contributed by atoms with Crippen molar-refractivity contribution in [1.29, 1.82) is 0 Å². The minimum absolute atomic E-state index is 0.0103. The zero-order valence-corrected chi connectivity index (χ0v) is 26.8. The number of piperidine rings is 1. The van der Waals surface area contributed by atoms with Crippen LogP contribution in [0.5, 0.6) is 11.6 Å². The van der Waals surface area contributed by atoms with E-state index in [1.165, 1.54) is 12.8 Å². The smallest absolute Gasteiger partial charge is 0.410 e. The molecule has 238 valence electrons. The Bertz CT molecular complexity index is 1810. The Hall–Kier alpha value is -4.73. The number of carbonyl (C=O) groups is 2. The molecule has 2 aromatic carbocycles. The third kappa shape index (κ3) is 6.21. The first-order valence-corrected chi connectivity index (χ1v) is 16.1. The van der Waals surface area contributed by atoms with Crippen LogP contribution in [0.25, 0.3) is 22.0 Å². The fourth-order valence-corrected chi connectivity index (χ4v) is 6.45. The van der Waals surface area contributed by atoms with Gasteiger partial charge in [0.2, 0.25) is 17.7 Å². The van der Waals surface area contributed by atoms with Crippen molar-refractivity contribution in [3.63, 3.8) is 0 Å². The minimum Gasteiger partial charge on any atom is -0.444 e. The summed E-state index contributed by atoms with van der Waals surface area (Å²) in [5.41, 5.74) is 2.86. The van der Waals surface area contributed by atoms with Crippen molar-refractivity contribution >= 4 is 34.4 Å². The number of hydrogen-bond acceptors (Lipinski definition) is 8. The summed E-state index contributed by atoms with van der Waals surface area (Å²) >= 11 is 0. The molecule has 2 aromatic heterocycles. The van der Waals surface area contributed by atoms with E-state index in [0.29, 0.717) is 41.8 Å². The van der Waals surface area contributed by atoms with Crippen molar-refractivity contribution in [1.82, 2.24) is 19.9 Å². The predicted molar refractivity (Wildman–Crippen MR) is 177 cm³/mol. The highest BCUT2D eigenvalue weighted by atomic mass is 16.6. The fraction of sp³-hybridized carbons (Fsp3) is 0.417. The summed E-state index contributed by atoms with van der Waals surface area (Å²) < 4.78 is 12.2. The molecule has 1 aliphatic heterocycles. The van der Waals surface area contributed by atoms with Gasteiger partial charge in [0.05, 0.1) is 11.3 Å². The van der Waals surface area contributed by atoms with Crippen molar-refractivity contribution in [2.45, 2.75) is 71.4 Å². The second-order valence-electron chi connectivity index (χ2n) is 13.9. The quantitative estimate of drug-likeness (QED) is 0.220. The molecule has 1 unspecified atom stereocenters. The fourth-order valence-electron chi connectivity index (χ4n) is 6.45. The molecule has 2 N–H and O–H groups in total. The van der Waals surface area contributed by atoms with Gasteiger partial charge in [-0.3, -0.25) is 4.79 Å². The maximum atomic E-state index is 13.0. The molecule has 7 rings (SSSR count). The van der Waals surface area contributed by atoms with Crippen LogP contribution in [0, 0.1) is 18.3 Å². The number of aryl methyl sites for hydroxylation is 1. The summed E-state index contributed by atoms with van der Waals surface area (Å²) in [6.45, 7) is 8.78. The van der Waals surface area contributed by atoms with E-state index in [0.717, 1.165) is 46.8 Å². The van der Waals surface area contributed by atoms with Crippen LogP contribution in [0.2, 0.25) is 0 Å². The Morgan fingerprint density at radius 2 is 1.85 bits per heavy atom. The number of anilines is 2. The number of nitrogens with one attached hydrogen (secondary N) is 2. The van der Waals surface area contributed by atoms with Gasteiger partial charge in [0, 0.05) is 53.9 Å². The van der Waals surface area contributed by atoms with Crippen LogP contribution in [0.4, 0.5) is 16.4 Å². The largest absolute Gasteiger partial charge is 0.444 e. The third-order valence-corrected chi connectivity index (χ3v) is 9.17. The third-order valence-electron chi connectivity index (χ3n) is 9.17. The lowest BCUT2D eigenvalue weighted by molar-refractivity contribution is -0.117. The summed E-state index contributed by atoms with van der Waals surface area (Å²) in [7, 11) is 0. The van der Waals surface area contributed by atoms with E-state index in [1.807, 2.05) is 76.2 Å². The lowest BCUT2D eigenvalue weighted by Crippen LogP contribution is -2.47. The topological polar surface area (TPSA) is 119 Å². The highest BCUT2D eigenvalue weighted by Gasteiger charge is 2.65. The lowest BCUT2D eigenvalue weighted by atomic mass is 10.0. The molecule has 10 heteroatoms. The molecule has 0 radical (unpaired) electrons. The number of amides is 2. The summed E-state index contributed by atoms with van der Waals surface area (Å²) in [4.78, 5) is 41.3. The number of fused-ring (bicyclic) bond motifs is 1. The molecule has 1 saturated heterocycles. The maximum absolute atomic E-state index is 13.0. The first kappa shape index (κ1) is 30.0. The molecule has 1 spiro atoms. The molecule has 0 bridgehead atoms. The van der Waals surface area contributed by atoms with E-state index in [1.54, 1.807) is 17.3 Å². The van der Waals surface area contributed by atoms with Gasteiger partial charge in [-0.2, -0.15) is 0 Å². The van der Waals surface area contributed by atoms with Gasteiger partial charge in [0.1, 0.15) is 11.4 Å². The molecule has 2 atom stereocenters. The zero-order valence-electron chi connectivity index (χ0n) is 26.8. The molecule has 2 aliphatic carbocycles. The highest BCUT2D eigenvalue weighted by Crippen LogP contribution is 2.70. The Kier molecular flexibility index (Phi) is 7.53. The highest BCUT2D eigenvalue weighted by molar-refractivity contribution is 6.06.